The summed E-state index contributed by atoms with van der Waals surface area (Å²) in [7, 11) is 0. The van der Waals surface area contributed by atoms with Crippen molar-refractivity contribution in [2.75, 3.05) is 6.54 Å². The molecule has 3 aromatic rings. The van der Waals surface area contributed by atoms with Crippen molar-refractivity contribution in [2.24, 2.45) is 17.1 Å². The fourth-order valence-electron chi connectivity index (χ4n) is 4.04. The molecular weight excluding hydrogens is 379 g/mol. The van der Waals surface area contributed by atoms with Gasteiger partial charge in [0.05, 0.1) is 21.4 Å². The minimum Gasteiger partial charge on any atom is -0.330 e. The molecule has 1 aromatic carbocycles. The molecule has 1 fully saturated rings. The summed E-state index contributed by atoms with van der Waals surface area (Å²) in [5.41, 5.74) is 10.1. The van der Waals surface area contributed by atoms with Crippen molar-refractivity contribution in [2.45, 2.75) is 26.2 Å². The zero-order chi connectivity index (χ0) is 19.2. The van der Waals surface area contributed by atoms with Crippen LogP contribution in [0.3, 0.4) is 0 Å². The van der Waals surface area contributed by atoms with Gasteiger partial charge in [0, 0.05) is 29.6 Å². The molecule has 0 radical (unpaired) electrons. The highest BCUT2D eigenvalue weighted by Crippen LogP contribution is 2.56. The van der Waals surface area contributed by atoms with E-state index in [1.54, 1.807) is 6.20 Å². The maximum atomic E-state index is 6.27. The minimum absolute atomic E-state index is 0.120. The van der Waals surface area contributed by atoms with Crippen LogP contribution in [-0.4, -0.2) is 21.3 Å². The lowest BCUT2D eigenvalue weighted by Crippen LogP contribution is -2.47. The highest BCUT2D eigenvalue weighted by Gasteiger charge is 2.49. The second-order valence-corrected chi connectivity index (χ2v) is 8.56. The van der Waals surface area contributed by atoms with Gasteiger partial charge in [0.2, 0.25) is 0 Å². The number of aromatic nitrogens is 3. The Morgan fingerprint density at radius 3 is 2.63 bits per heavy atom. The number of hydrogen-bond donors (Lipinski definition) is 1. The van der Waals surface area contributed by atoms with Crippen LogP contribution < -0.4 is 5.73 Å². The molecule has 2 atom stereocenters. The molecule has 1 aliphatic rings. The standard InChI is InChI=1S/C21H22Cl2N4/c1-21(2)14(11-24)8-16(21)20-10-19(13-4-3-7-25-12-13)26-27(20)15-5-6-17(22)18(23)9-15/h3-7,9-10,12,14,16H,8,11,24H2,1-2H3/t14-,16+/m1/s1. The second kappa shape index (κ2) is 6.93. The van der Waals surface area contributed by atoms with Gasteiger partial charge in [-0.3, -0.25) is 4.98 Å². The number of halogens is 2. The zero-order valence-corrected chi connectivity index (χ0v) is 16.9. The van der Waals surface area contributed by atoms with Crippen LogP contribution in [-0.2, 0) is 0 Å². The Kier molecular flexibility index (Phi) is 4.75. The Hall–Kier alpha value is -1.88. The molecule has 2 N–H and O–H groups in total. The number of nitrogens with zero attached hydrogens (tertiary/aromatic N) is 3. The van der Waals surface area contributed by atoms with Gasteiger partial charge in [-0.25, -0.2) is 4.68 Å². The van der Waals surface area contributed by atoms with E-state index in [4.69, 9.17) is 34.0 Å². The van der Waals surface area contributed by atoms with Crippen LogP contribution in [0.15, 0.2) is 48.8 Å². The lowest BCUT2D eigenvalue weighted by atomic mass is 9.54. The number of hydrogen-bond acceptors (Lipinski definition) is 3. The van der Waals surface area contributed by atoms with Crippen LogP contribution in [0.5, 0.6) is 0 Å². The first-order chi connectivity index (χ1) is 12.9. The van der Waals surface area contributed by atoms with E-state index in [2.05, 4.69) is 24.9 Å². The highest BCUT2D eigenvalue weighted by atomic mass is 35.5. The van der Waals surface area contributed by atoms with Crippen molar-refractivity contribution in [3.05, 3.63) is 64.5 Å². The normalized spacial score (nSPS) is 21.1. The fraction of sp³-hybridized carbons (Fsp3) is 0.333. The predicted molar refractivity (Wildman–Crippen MR) is 110 cm³/mol. The molecule has 0 saturated heterocycles. The van der Waals surface area contributed by atoms with E-state index < -0.39 is 0 Å². The second-order valence-electron chi connectivity index (χ2n) is 7.75. The van der Waals surface area contributed by atoms with Crippen molar-refractivity contribution in [3.63, 3.8) is 0 Å². The molecule has 0 spiro atoms. The van der Waals surface area contributed by atoms with Gasteiger partial charge >= 0.3 is 0 Å². The molecular formula is C21H22Cl2N4. The summed E-state index contributed by atoms with van der Waals surface area (Å²) in [6, 6.07) is 11.7. The molecule has 6 heteroatoms. The molecule has 0 unspecified atom stereocenters. The van der Waals surface area contributed by atoms with Crippen LogP contribution in [0.4, 0.5) is 0 Å². The first-order valence-corrected chi connectivity index (χ1v) is 9.83. The minimum atomic E-state index is 0.120. The molecule has 0 bridgehead atoms. The molecule has 0 amide bonds. The van der Waals surface area contributed by atoms with Crippen molar-refractivity contribution < 1.29 is 0 Å². The van der Waals surface area contributed by atoms with Gasteiger partial charge in [-0.2, -0.15) is 5.10 Å². The molecule has 27 heavy (non-hydrogen) atoms. The third-order valence-electron chi connectivity index (χ3n) is 5.95. The topological polar surface area (TPSA) is 56.7 Å². The lowest BCUT2D eigenvalue weighted by Gasteiger charge is -2.52. The van der Waals surface area contributed by atoms with E-state index in [1.165, 1.54) is 5.69 Å². The van der Waals surface area contributed by atoms with Gasteiger partial charge in [-0.1, -0.05) is 37.0 Å². The summed E-state index contributed by atoms with van der Waals surface area (Å²) in [6.45, 7) is 5.28. The molecule has 2 heterocycles. The van der Waals surface area contributed by atoms with Gasteiger partial charge in [-0.05, 0) is 60.7 Å². The summed E-state index contributed by atoms with van der Waals surface area (Å²) in [6.07, 6.45) is 4.66. The molecule has 1 aliphatic carbocycles. The van der Waals surface area contributed by atoms with Crippen LogP contribution in [0.25, 0.3) is 16.9 Å². The average Bonchev–Trinajstić information content (AvgIpc) is 3.09. The van der Waals surface area contributed by atoms with Crippen LogP contribution in [0.1, 0.15) is 31.9 Å². The summed E-state index contributed by atoms with van der Waals surface area (Å²) < 4.78 is 1.99. The molecule has 4 nitrogen and oxygen atoms in total. The molecule has 4 rings (SSSR count). The Bertz CT molecular complexity index is 966. The maximum Gasteiger partial charge on any atom is 0.0946 e. The SMILES string of the molecule is CC1(C)[C@@H](CN)C[C@H]1c1cc(-c2cccnc2)nn1-c1ccc(Cl)c(Cl)c1. The van der Waals surface area contributed by atoms with Crippen molar-refractivity contribution >= 4 is 23.2 Å². The monoisotopic (exact) mass is 400 g/mol. The number of rotatable bonds is 4. The van der Waals surface area contributed by atoms with E-state index in [9.17, 15) is 0 Å². The van der Waals surface area contributed by atoms with E-state index in [1.807, 2.05) is 41.2 Å². The molecule has 1 saturated carbocycles. The summed E-state index contributed by atoms with van der Waals surface area (Å²) in [4.78, 5) is 4.23. The molecule has 0 aliphatic heterocycles. The third-order valence-corrected chi connectivity index (χ3v) is 6.69. The zero-order valence-electron chi connectivity index (χ0n) is 15.4. The average molecular weight is 401 g/mol. The quantitative estimate of drug-likeness (QED) is 0.643. The summed E-state index contributed by atoms with van der Waals surface area (Å²) in [5.74, 6) is 0.889. The van der Waals surface area contributed by atoms with Gasteiger partial charge in [-0.15, -0.1) is 0 Å². The Labute approximate surface area is 169 Å². The van der Waals surface area contributed by atoms with Crippen molar-refractivity contribution in [1.29, 1.82) is 0 Å². The predicted octanol–water partition coefficient (Wildman–Crippen LogP) is 5.33. The maximum absolute atomic E-state index is 6.27. The molecule has 2 aromatic heterocycles. The van der Waals surface area contributed by atoms with Crippen molar-refractivity contribution in [1.82, 2.24) is 14.8 Å². The summed E-state index contributed by atoms with van der Waals surface area (Å²) >= 11 is 12.4. The van der Waals surface area contributed by atoms with Crippen molar-refractivity contribution in [3.8, 4) is 16.9 Å². The van der Waals surface area contributed by atoms with Gasteiger partial charge in [0.1, 0.15) is 0 Å². The molecule has 140 valence electrons. The lowest BCUT2D eigenvalue weighted by molar-refractivity contribution is 0.0364. The Morgan fingerprint density at radius 2 is 2.00 bits per heavy atom. The van der Waals surface area contributed by atoms with Crippen LogP contribution >= 0.6 is 23.2 Å². The summed E-state index contributed by atoms with van der Waals surface area (Å²) in [5, 5.41) is 5.94. The smallest absolute Gasteiger partial charge is 0.0946 e. The van der Waals surface area contributed by atoms with Gasteiger partial charge in [0.25, 0.3) is 0 Å². The number of benzene rings is 1. The van der Waals surface area contributed by atoms with E-state index in [-0.39, 0.29) is 5.41 Å². The number of nitrogens with two attached hydrogens (primary N) is 1. The Morgan fingerprint density at radius 1 is 1.19 bits per heavy atom. The van der Waals surface area contributed by atoms with Crippen LogP contribution in [0, 0.1) is 11.3 Å². The fourth-order valence-corrected chi connectivity index (χ4v) is 4.33. The van der Waals surface area contributed by atoms with E-state index in [0.29, 0.717) is 28.4 Å². The van der Waals surface area contributed by atoms with Gasteiger partial charge in [0.15, 0.2) is 0 Å². The number of pyridine rings is 1. The van der Waals surface area contributed by atoms with Gasteiger partial charge < -0.3 is 5.73 Å². The van der Waals surface area contributed by atoms with E-state index in [0.717, 1.165) is 23.4 Å². The highest BCUT2D eigenvalue weighted by molar-refractivity contribution is 6.42. The van der Waals surface area contributed by atoms with E-state index >= 15 is 0 Å². The largest absolute Gasteiger partial charge is 0.330 e. The first kappa shape index (κ1) is 18.5. The Balaban J connectivity index is 1.84. The third kappa shape index (κ3) is 3.16. The van der Waals surface area contributed by atoms with Crippen LogP contribution in [0.2, 0.25) is 10.0 Å². The first-order valence-electron chi connectivity index (χ1n) is 9.07.